The molecule has 0 spiro atoms. The van der Waals surface area contributed by atoms with Crippen LogP contribution in [-0.4, -0.2) is 23.7 Å². The highest BCUT2D eigenvalue weighted by Gasteiger charge is 2.75. The van der Waals surface area contributed by atoms with Crippen LogP contribution in [0.15, 0.2) is 48.5 Å². The summed E-state index contributed by atoms with van der Waals surface area (Å²) in [5.41, 5.74) is -0.950. The minimum absolute atomic E-state index is 0.146. The molecule has 2 aromatic rings. The lowest BCUT2D eigenvalue weighted by Crippen LogP contribution is -2.25. The van der Waals surface area contributed by atoms with Gasteiger partial charge in [0.1, 0.15) is 5.75 Å². The Morgan fingerprint density at radius 3 is 2.44 bits per heavy atom. The van der Waals surface area contributed by atoms with Crippen LogP contribution in [-0.2, 0) is 9.53 Å². The largest absolute Gasteiger partial charge is 0.439 e. The molecule has 2 unspecified atom stereocenters. The van der Waals surface area contributed by atoms with Gasteiger partial charge in [0, 0.05) is 24.2 Å². The molecule has 0 aliphatic heterocycles. The Morgan fingerprint density at radius 1 is 1.04 bits per heavy atom. The van der Waals surface area contributed by atoms with Crippen molar-refractivity contribution in [3.05, 3.63) is 48.5 Å². The molecular weight excluding hydrogens is 342 g/mol. The number of hydrogen-bond acceptors (Lipinski definition) is 5. The van der Waals surface area contributed by atoms with Gasteiger partial charge in [-0.05, 0) is 25.5 Å². The maximum Gasteiger partial charge on any atom is 0.321 e. The van der Waals surface area contributed by atoms with E-state index in [2.05, 4.69) is 11.9 Å². The number of aromatic nitrogens is 1. The predicted molar refractivity (Wildman–Crippen MR) is 103 cm³/mol. The van der Waals surface area contributed by atoms with Crippen molar-refractivity contribution in [3.8, 4) is 17.5 Å². The van der Waals surface area contributed by atoms with Gasteiger partial charge >= 0.3 is 5.97 Å². The molecule has 0 radical (unpaired) electrons. The van der Waals surface area contributed by atoms with Gasteiger partial charge in [0.15, 0.2) is 0 Å². The van der Waals surface area contributed by atoms with Crippen LogP contribution in [0.5, 0.6) is 17.5 Å². The molecule has 5 nitrogen and oxygen atoms in total. The molecule has 0 bridgehead atoms. The molecule has 1 aliphatic carbocycles. The van der Waals surface area contributed by atoms with Crippen LogP contribution >= 0.6 is 0 Å². The third kappa shape index (κ3) is 3.83. The number of nitrogens with zero attached hydrogens (tertiary/aromatic N) is 1. The van der Waals surface area contributed by atoms with Crippen molar-refractivity contribution in [3.63, 3.8) is 0 Å². The highest BCUT2D eigenvalue weighted by molar-refractivity contribution is 5.84. The van der Waals surface area contributed by atoms with E-state index in [1.165, 1.54) is 0 Å². The van der Waals surface area contributed by atoms with Crippen LogP contribution in [0.2, 0.25) is 0 Å². The highest BCUT2D eigenvalue weighted by Crippen LogP contribution is 2.65. The number of hydrogen-bond donors (Lipinski definition) is 0. The van der Waals surface area contributed by atoms with Crippen LogP contribution in [0, 0.1) is 10.8 Å². The van der Waals surface area contributed by atoms with Crippen LogP contribution in [0.3, 0.4) is 0 Å². The molecule has 1 aromatic carbocycles. The van der Waals surface area contributed by atoms with E-state index in [1.807, 2.05) is 51.1 Å². The van der Waals surface area contributed by atoms with Crippen LogP contribution in [0.25, 0.3) is 0 Å². The van der Waals surface area contributed by atoms with E-state index < -0.39 is 5.41 Å². The summed E-state index contributed by atoms with van der Waals surface area (Å²) in [6, 6.07) is 14.5. The van der Waals surface area contributed by atoms with E-state index >= 15 is 0 Å². The van der Waals surface area contributed by atoms with Crippen molar-refractivity contribution in [2.45, 2.75) is 46.6 Å². The third-order valence-electron chi connectivity index (χ3n) is 5.50. The van der Waals surface area contributed by atoms with Gasteiger partial charge in [0.25, 0.3) is 0 Å². The van der Waals surface area contributed by atoms with E-state index in [9.17, 15) is 4.79 Å². The summed E-state index contributed by atoms with van der Waals surface area (Å²) in [6.45, 7) is 8.74. The minimum atomic E-state index is -0.682. The fraction of sp³-hybridized carbons (Fsp3) is 0.455. The first-order chi connectivity index (χ1) is 12.9. The zero-order valence-electron chi connectivity index (χ0n) is 16.4. The molecule has 1 aliphatic rings. The number of pyridine rings is 1. The molecule has 1 fully saturated rings. The molecule has 0 N–H and O–H groups in total. The third-order valence-corrected chi connectivity index (χ3v) is 5.50. The van der Waals surface area contributed by atoms with E-state index in [0.29, 0.717) is 18.2 Å². The van der Waals surface area contributed by atoms with Crippen LogP contribution < -0.4 is 9.47 Å². The van der Waals surface area contributed by atoms with Gasteiger partial charge in [-0.1, -0.05) is 51.5 Å². The summed E-state index contributed by atoms with van der Waals surface area (Å²) in [6.07, 6.45) is 1.90. The van der Waals surface area contributed by atoms with Crippen molar-refractivity contribution in [2.24, 2.45) is 10.8 Å². The molecule has 0 amide bonds. The van der Waals surface area contributed by atoms with Crippen molar-refractivity contribution in [1.82, 2.24) is 4.98 Å². The fourth-order valence-electron chi connectivity index (χ4n) is 3.34. The lowest BCUT2D eigenvalue weighted by Gasteiger charge is -2.13. The first-order valence-electron chi connectivity index (χ1n) is 9.43. The summed E-state index contributed by atoms with van der Waals surface area (Å²) in [7, 11) is 0. The van der Waals surface area contributed by atoms with Gasteiger partial charge in [-0.25, -0.2) is 0 Å². The van der Waals surface area contributed by atoms with Crippen LogP contribution in [0.1, 0.15) is 40.5 Å². The van der Waals surface area contributed by atoms with E-state index in [1.54, 1.807) is 18.2 Å². The molecule has 1 saturated carbocycles. The quantitative estimate of drug-likeness (QED) is 0.483. The average Bonchev–Trinajstić information content (AvgIpc) is 3.09. The maximum atomic E-state index is 12.8. The lowest BCUT2D eigenvalue weighted by molar-refractivity contribution is -0.142. The van der Waals surface area contributed by atoms with Gasteiger partial charge in [-0.2, -0.15) is 4.98 Å². The van der Waals surface area contributed by atoms with Crippen molar-refractivity contribution < 1.29 is 19.0 Å². The van der Waals surface area contributed by atoms with Crippen molar-refractivity contribution in [2.75, 3.05) is 6.61 Å². The number of rotatable bonds is 8. The standard InChI is InChI=1S/C22H27NO4/c1-5-6-15-25-19-21(2,3)22(19,4)20(24)27-18-14-10-13-17(23-18)26-16-11-8-7-9-12-16/h7-14,19H,5-6,15H2,1-4H3. The molecular formula is C22H27NO4. The molecule has 1 heterocycles. The Hall–Kier alpha value is -2.40. The Kier molecular flexibility index (Phi) is 5.51. The fourth-order valence-corrected chi connectivity index (χ4v) is 3.34. The number of ether oxygens (including phenoxy) is 3. The molecule has 3 rings (SSSR count). The lowest BCUT2D eigenvalue weighted by atomic mass is 9.99. The number of carbonyl (C=O) groups is 1. The summed E-state index contributed by atoms with van der Waals surface area (Å²) >= 11 is 0. The van der Waals surface area contributed by atoms with Gasteiger partial charge in [0.2, 0.25) is 11.8 Å². The second-order valence-electron chi connectivity index (χ2n) is 7.65. The molecule has 27 heavy (non-hydrogen) atoms. The summed E-state index contributed by atoms with van der Waals surface area (Å²) < 4.78 is 17.2. The summed E-state index contributed by atoms with van der Waals surface area (Å²) in [4.78, 5) is 17.1. The molecule has 0 saturated heterocycles. The van der Waals surface area contributed by atoms with E-state index in [0.717, 1.165) is 12.8 Å². The summed E-state index contributed by atoms with van der Waals surface area (Å²) in [5, 5.41) is 0. The maximum absolute atomic E-state index is 12.8. The SMILES string of the molecule is CCCCOC1C(C)(C)C1(C)C(=O)Oc1cccc(Oc2ccccc2)n1. The first kappa shape index (κ1) is 19.4. The van der Waals surface area contributed by atoms with Gasteiger partial charge in [-0.15, -0.1) is 0 Å². The second-order valence-corrected chi connectivity index (χ2v) is 7.65. The molecule has 144 valence electrons. The Balaban J connectivity index is 1.66. The monoisotopic (exact) mass is 369 g/mol. The first-order valence-corrected chi connectivity index (χ1v) is 9.43. The number of unbranched alkanes of at least 4 members (excludes halogenated alkanes) is 1. The highest BCUT2D eigenvalue weighted by atomic mass is 16.6. The van der Waals surface area contributed by atoms with Gasteiger partial charge in [0.05, 0.1) is 11.5 Å². The smallest absolute Gasteiger partial charge is 0.321 e. The van der Waals surface area contributed by atoms with Crippen molar-refractivity contribution in [1.29, 1.82) is 0 Å². The van der Waals surface area contributed by atoms with Gasteiger partial charge in [-0.3, -0.25) is 4.79 Å². The van der Waals surface area contributed by atoms with Gasteiger partial charge < -0.3 is 14.2 Å². The number of carbonyl (C=O) groups excluding carboxylic acids is 1. The zero-order chi connectivity index (χ0) is 19.5. The Bertz CT molecular complexity index is 790. The van der Waals surface area contributed by atoms with E-state index in [-0.39, 0.29) is 23.4 Å². The normalized spacial score (nSPS) is 22.9. The van der Waals surface area contributed by atoms with Crippen molar-refractivity contribution >= 4 is 5.97 Å². The molecule has 1 aromatic heterocycles. The number of para-hydroxylation sites is 1. The average molecular weight is 369 g/mol. The zero-order valence-corrected chi connectivity index (χ0v) is 16.4. The predicted octanol–water partition coefficient (Wildman–Crippen LogP) is 5.01. The summed E-state index contributed by atoms with van der Waals surface area (Å²) in [5.74, 6) is 0.957. The topological polar surface area (TPSA) is 57.7 Å². The Labute approximate surface area is 160 Å². The Morgan fingerprint density at radius 2 is 1.74 bits per heavy atom. The molecule has 2 atom stereocenters. The van der Waals surface area contributed by atoms with Crippen LogP contribution in [0.4, 0.5) is 0 Å². The van der Waals surface area contributed by atoms with E-state index in [4.69, 9.17) is 14.2 Å². The number of benzene rings is 1. The minimum Gasteiger partial charge on any atom is -0.439 e. The second kappa shape index (κ2) is 7.69. The molecule has 5 heteroatoms. The number of esters is 1.